The second kappa shape index (κ2) is 9.36. The highest BCUT2D eigenvalue weighted by Gasteiger charge is 2.26. The first-order valence-electron chi connectivity index (χ1n) is 10.3. The number of nitrogens with one attached hydrogen (secondary N) is 2. The molecule has 1 aliphatic heterocycles. The molecule has 0 spiro atoms. The minimum absolute atomic E-state index is 0.00148. The molecule has 0 bridgehead atoms. The lowest BCUT2D eigenvalue weighted by molar-refractivity contribution is 0.0934. The van der Waals surface area contributed by atoms with Gasteiger partial charge < -0.3 is 9.73 Å². The molecule has 2 heterocycles. The fourth-order valence-electron chi connectivity index (χ4n) is 3.74. The van der Waals surface area contributed by atoms with Crippen LogP contribution in [-0.4, -0.2) is 38.9 Å². The third kappa shape index (κ3) is 5.15. The lowest BCUT2D eigenvalue weighted by Gasteiger charge is -2.26. The molecule has 2 aromatic carbocycles. The van der Waals surface area contributed by atoms with Gasteiger partial charge in [0.2, 0.25) is 0 Å². The third-order valence-corrected chi connectivity index (χ3v) is 6.76. The number of amides is 1. The first-order valence-corrected chi connectivity index (χ1v) is 11.7. The van der Waals surface area contributed by atoms with Crippen LogP contribution in [0.2, 0.25) is 0 Å². The van der Waals surface area contributed by atoms with E-state index in [1.54, 1.807) is 48.7 Å². The van der Waals surface area contributed by atoms with E-state index >= 15 is 0 Å². The molecule has 0 radical (unpaired) electrons. The van der Waals surface area contributed by atoms with Crippen molar-refractivity contribution >= 4 is 21.6 Å². The van der Waals surface area contributed by atoms with Crippen LogP contribution in [0, 0.1) is 0 Å². The SMILES string of the molecule is O=C(NCC(c1ccco1)N1CCCC1)c1ccc(NS(=O)(=O)c2ccccc2)cc1. The van der Waals surface area contributed by atoms with Crippen LogP contribution in [0.25, 0.3) is 0 Å². The minimum Gasteiger partial charge on any atom is -0.468 e. The van der Waals surface area contributed by atoms with Crippen LogP contribution in [0.4, 0.5) is 5.69 Å². The number of nitrogens with zero attached hydrogens (tertiary/aromatic N) is 1. The van der Waals surface area contributed by atoms with Crippen molar-refractivity contribution in [2.75, 3.05) is 24.4 Å². The van der Waals surface area contributed by atoms with Crippen molar-refractivity contribution in [3.63, 3.8) is 0 Å². The second-order valence-corrected chi connectivity index (χ2v) is 9.16. The second-order valence-electron chi connectivity index (χ2n) is 7.48. The summed E-state index contributed by atoms with van der Waals surface area (Å²) in [4.78, 5) is 15.2. The van der Waals surface area contributed by atoms with Gasteiger partial charge in [-0.3, -0.25) is 14.4 Å². The fraction of sp³-hybridized carbons (Fsp3) is 0.261. The maximum atomic E-state index is 12.7. The van der Waals surface area contributed by atoms with Crippen molar-refractivity contribution in [1.29, 1.82) is 0 Å². The molecule has 162 valence electrons. The molecule has 2 N–H and O–H groups in total. The summed E-state index contributed by atoms with van der Waals surface area (Å²) >= 11 is 0. The summed E-state index contributed by atoms with van der Waals surface area (Å²) < 4.78 is 33.0. The van der Waals surface area contributed by atoms with E-state index in [1.165, 1.54) is 12.1 Å². The Bertz CT molecular complexity index is 1090. The maximum absolute atomic E-state index is 12.7. The van der Waals surface area contributed by atoms with Crippen LogP contribution < -0.4 is 10.0 Å². The zero-order valence-corrected chi connectivity index (χ0v) is 17.8. The Labute approximate surface area is 182 Å². The quantitative estimate of drug-likeness (QED) is 0.559. The van der Waals surface area contributed by atoms with Gasteiger partial charge >= 0.3 is 0 Å². The zero-order valence-electron chi connectivity index (χ0n) is 17.0. The number of sulfonamides is 1. The van der Waals surface area contributed by atoms with Gasteiger partial charge in [-0.25, -0.2) is 8.42 Å². The number of hydrogen-bond acceptors (Lipinski definition) is 5. The molecule has 7 nitrogen and oxygen atoms in total. The van der Waals surface area contributed by atoms with Crippen molar-refractivity contribution in [2.24, 2.45) is 0 Å². The van der Waals surface area contributed by atoms with E-state index in [0.717, 1.165) is 31.7 Å². The van der Waals surface area contributed by atoms with E-state index in [9.17, 15) is 13.2 Å². The van der Waals surface area contributed by atoms with Gasteiger partial charge in [0.05, 0.1) is 17.2 Å². The number of carbonyl (C=O) groups excluding carboxylic acids is 1. The molecule has 1 atom stereocenters. The smallest absolute Gasteiger partial charge is 0.261 e. The highest BCUT2D eigenvalue weighted by atomic mass is 32.2. The molecule has 8 heteroatoms. The van der Waals surface area contributed by atoms with E-state index in [1.807, 2.05) is 12.1 Å². The Morgan fingerprint density at radius 3 is 2.32 bits per heavy atom. The Hall–Kier alpha value is -3.10. The molecule has 1 saturated heterocycles. The highest BCUT2D eigenvalue weighted by molar-refractivity contribution is 7.92. The number of likely N-dealkylation sites (tertiary alicyclic amines) is 1. The van der Waals surface area contributed by atoms with Gasteiger partial charge in [0.1, 0.15) is 5.76 Å². The number of benzene rings is 2. The van der Waals surface area contributed by atoms with Gasteiger partial charge in [0.15, 0.2) is 0 Å². The summed E-state index contributed by atoms with van der Waals surface area (Å²) in [5.41, 5.74) is 0.855. The summed E-state index contributed by atoms with van der Waals surface area (Å²) in [6.07, 6.45) is 3.94. The molecule has 1 unspecified atom stereocenters. The molecule has 4 rings (SSSR count). The van der Waals surface area contributed by atoms with Gasteiger partial charge in [-0.05, 0) is 74.5 Å². The monoisotopic (exact) mass is 439 g/mol. The van der Waals surface area contributed by atoms with Crippen molar-refractivity contribution in [2.45, 2.75) is 23.8 Å². The standard InChI is InChI=1S/C23H25N3O4S/c27-23(24-17-21(22-9-6-16-30-22)26-14-4-5-15-26)18-10-12-19(13-11-18)25-31(28,29)20-7-2-1-3-8-20/h1-3,6-13,16,21,25H,4-5,14-15,17H2,(H,24,27). The van der Waals surface area contributed by atoms with Crippen molar-refractivity contribution in [1.82, 2.24) is 10.2 Å². The van der Waals surface area contributed by atoms with E-state index < -0.39 is 10.0 Å². The van der Waals surface area contributed by atoms with Gasteiger partial charge in [-0.2, -0.15) is 0 Å². The predicted molar refractivity (Wildman–Crippen MR) is 118 cm³/mol. The number of anilines is 1. The molecule has 0 aliphatic carbocycles. The van der Waals surface area contributed by atoms with Gasteiger partial charge in [-0.15, -0.1) is 0 Å². The summed E-state index contributed by atoms with van der Waals surface area (Å²) in [5.74, 6) is 0.626. The average molecular weight is 440 g/mol. The van der Waals surface area contributed by atoms with E-state index in [2.05, 4.69) is 14.9 Å². The molecule has 31 heavy (non-hydrogen) atoms. The molecule has 1 aromatic heterocycles. The largest absolute Gasteiger partial charge is 0.468 e. The third-order valence-electron chi connectivity index (χ3n) is 5.36. The normalized spacial score (nSPS) is 15.5. The van der Waals surface area contributed by atoms with Gasteiger partial charge in [0, 0.05) is 17.8 Å². The Kier molecular flexibility index (Phi) is 6.39. The fourth-order valence-corrected chi connectivity index (χ4v) is 4.82. The van der Waals surface area contributed by atoms with E-state index in [0.29, 0.717) is 17.8 Å². The Balaban J connectivity index is 1.39. The van der Waals surface area contributed by atoms with Crippen LogP contribution in [0.5, 0.6) is 0 Å². The molecule has 1 aliphatic rings. The lowest BCUT2D eigenvalue weighted by Crippen LogP contribution is -2.36. The lowest BCUT2D eigenvalue weighted by atomic mass is 10.1. The number of furan rings is 1. The predicted octanol–water partition coefficient (Wildman–Crippen LogP) is 3.65. The number of rotatable bonds is 8. The number of hydrogen-bond donors (Lipinski definition) is 2. The van der Waals surface area contributed by atoms with Crippen molar-refractivity contribution in [3.05, 3.63) is 84.3 Å². The summed E-state index contributed by atoms with van der Waals surface area (Å²) in [6, 6.07) is 18.3. The molecule has 1 amide bonds. The summed E-state index contributed by atoms with van der Waals surface area (Å²) in [5, 5.41) is 2.98. The molecule has 1 fully saturated rings. The van der Waals surface area contributed by atoms with Crippen LogP contribution in [0.3, 0.4) is 0 Å². The molecule has 0 saturated carbocycles. The topological polar surface area (TPSA) is 91.7 Å². The summed E-state index contributed by atoms with van der Waals surface area (Å²) in [7, 11) is -3.67. The van der Waals surface area contributed by atoms with E-state index in [4.69, 9.17) is 4.42 Å². The summed E-state index contributed by atoms with van der Waals surface area (Å²) in [6.45, 7) is 2.41. The number of carbonyl (C=O) groups is 1. The molecular weight excluding hydrogens is 414 g/mol. The van der Waals surface area contributed by atoms with Gasteiger partial charge in [-0.1, -0.05) is 18.2 Å². The average Bonchev–Trinajstić information content (AvgIpc) is 3.50. The molecular formula is C23H25N3O4S. The maximum Gasteiger partial charge on any atom is 0.261 e. The first-order chi connectivity index (χ1) is 15.0. The molecule has 3 aromatic rings. The Morgan fingerprint density at radius 2 is 1.68 bits per heavy atom. The highest BCUT2D eigenvalue weighted by Crippen LogP contribution is 2.25. The van der Waals surface area contributed by atoms with Crippen molar-refractivity contribution < 1.29 is 17.6 Å². The Morgan fingerprint density at radius 1 is 0.968 bits per heavy atom. The van der Waals surface area contributed by atoms with Gasteiger partial charge in [0.25, 0.3) is 15.9 Å². The van der Waals surface area contributed by atoms with Crippen molar-refractivity contribution in [3.8, 4) is 0 Å². The van der Waals surface area contributed by atoms with E-state index in [-0.39, 0.29) is 16.8 Å². The van der Waals surface area contributed by atoms with Crippen LogP contribution >= 0.6 is 0 Å². The van der Waals surface area contributed by atoms with Crippen LogP contribution in [0.1, 0.15) is 35.0 Å². The first kappa shape index (κ1) is 21.1. The van der Waals surface area contributed by atoms with Crippen LogP contribution in [0.15, 0.2) is 82.3 Å². The van der Waals surface area contributed by atoms with Crippen LogP contribution in [-0.2, 0) is 10.0 Å². The zero-order chi connectivity index (χ0) is 21.7. The minimum atomic E-state index is -3.67.